The summed E-state index contributed by atoms with van der Waals surface area (Å²) in [7, 11) is 0. The van der Waals surface area contributed by atoms with E-state index < -0.39 is 5.92 Å². The zero-order valence-corrected chi connectivity index (χ0v) is 11.4. The summed E-state index contributed by atoms with van der Waals surface area (Å²) >= 11 is 0. The molecule has 4 heteroatoms. The minimum absolute atomic E-state index is 0.104. The van der Waals surface area contributed by atoms with Gasteiger partial charge in [-0.25, -0.2) is 8.78 Å². The predicted octanol–water partition coefficient (Wildman–Crippen LogP) is 2.79. The molecule has 0 fully saturated rings. The van der Waals surface area contributed by atoms with Crippen molar-refractivity contribution in [3.05, 3.63) is 0 Å². The van der Waals surface area contributed by atoms with Gasteiger partial charge in [0.2, 0.25) is 0 Å². The second-order valence-electron chi connectivity index (χ2n) is 6.39. The van der Waals surface area contributed by atoms with Crippen LogP contribution < -0.4 is 10.6 Å². The first-order valence-electron chi connectivity index (χ1n) is 5.79. The molecule has 0 aliphatic rings. The first kappa shape index (κ1) is 15.8. The highest BCUT2D eigenvalue weighted by Gasteiger charge is 2.30. The number of hydrogen-bond donors (Lipinski definition) is 2. The molecular weight excluding hydrogens is 210 g/mol. The maximum absolute atomic E-state index is 13.4. The summed E-state index contributed by atoms with van der Waals surface area (Å²) in [5.74, 6) is -2.65. The van der Waals surface area contributed by atoms with Gasteiger partial charge in [0.15, 0.2) is 0 Å². The fraction of sp³-hybridized carbons (Fsp3) is 1.00. The highest BCUT2D eigenvalue weighted by atomic mass is 19.3. The highest BCUT2D eigenvalue weighted by molar-refractivity contribution is 4.79. The van der Waals surface area contributed by atoms with Gasteiger partial charge in [-0.2, -0.15) is 0 Å². The molecule has 0 saturated heterocycles. The Labute approximate surface area is 98.2 Å². The third-order valence-corrected chi connectivity index (χ3v) is 2.02. The zero-order chi connectivity index (χ0) is 13.0. The van der Waals surface area contributed by atoms with Crippen LogP contribution in [0.5, 0.6) is 0 Å². The van der Waals surface area contributed by atoms with E-state index in [0.717, 1.165) is 0 Å². The number of nitrogens with one attached hydrogen (secondary N) is 2. The van der Waals surface area contributed by atoms with Gasteiger partial charge in [-0.3, -0.25) is 0 Å². The van der Waals surface area contributed by atoms with Crippen molar-refractivity contribution in [3.63, 3.8) is 0 Å². The topological polar surface area (TPSA) is 24.1 Å². The van der Waals surface area contributed by atoms with Gasteiger partial charge in [-0.15, -0.1) is 0 Å². The van der Waals surface area contributed by atoms with E-state index in [-0.39, 0.29) is 24.0 Å². The summed E-state index contributed by atoms with van der Waals surface area (Å²) in [5, 5.41) is 5.90. The van der Waals surface area contributed by atoms with Gasteiger partial charge in [-0.05, 0) is 41.5 Å². The monoisotopic (exact) mass is 236 g/mol. The van der Waals surface area contributed by atoms with Crippen LogP contribution >= 0.6 is 0 Å². The van der Waals surface area contributed by atoms with E-state index >= 15 is 0 Å². The lowest BCUT2D eigenvalue weighted by Crippen LogP contribution is -2.45. The molecule has 0 spiro atoms. The number of hydrogen-bond acceptors (Lipinski definition) is 2. The minimum atomic E-state index is -2.65. The van der Waals surface area contributed by atoms with E-state index in [0.29, 0.717) is 6.54 Å². The van der Waals surface area contributed by atoms with Crippen molar-refractivity contribution in [1.29, 1.82) is 0 Å². The third-order valence-electron chi connectivity index (χ3n) is 2.02. The van der Waals surface area contributed by atoms with Crippen LogP contribution in [0.25, 0.3) is 0 Å². The smallest absolute Gasteiger partial charge is 0.261 e. The molecule has 0 amide bonds. The lowest BCUT2D eigenvalue weighted by molar-refractivity contribution is -0.0121. The van der Waals surface area contributed by atoms with Crippen molar-refractivity contribution >= 4 is 0 Å². The Morgan fingerprint density at radius 1 is 0.812 bits per heavy atom. The van der Waals surface area contributed by atoms with Gasteiger partial charge in [0.1, 0.15) is 0 Å². The molecule has 0 aromatic heterocycles. The molecule has 2 nitrogen and oxygen atoms in total. The van der Waals surface area contributed by atoms with Gasteiger partial charge in [0, 0.05) is 24.0 Å². The van der Waals surface area contributed by atoms with Crippen LogP contribution in [0.3, 0.4) is 0 Å². The van der Waals surface area contributed by atoms with Crippen LogP contribution in [-0.4, -0.2) is 30.1 Å². The molecule has 0 atom stereocenters. The summed E-state index contributed by atoms with van der Waals surface area (Å²) in [4.78, 5) is 0. The molecule has 0 saturated carbocycles. The first-order valence-corrected chi connectivity index (χ1v) is 5.79. The fourth-order valence-electron chi connectivity index (χ4n) is 1.10. The Kier molecular flexibility index (Phi) is 5.33. The van der Waals surface area contributed by atoms with E-state index in [4.69, 9.17) is 0 Å². The van der Waals surface area contributed by atoms with E-state index in [1.165, 1.54) is 0 Å². The van der Waals surface area contributed by atoms with Crippen molar-refractivity contribution in [2.24, 2.45) is 0 Å². The molecule has 0 aliphatic carbocycles. The molecule has 98 valence electrons. The molecule has 0 aromatic carbocycles. The summed E-state index contributed by atoms with van der Waals surface area (Å²) < 4.78 is 26.9. The van der Waals surface area contributed by atoms with Crippen LogP contribution in [0.2, 0.25) is 0 Å². The van der Waals surface area contributed by atoms with Crippen molar-refractivity contribution in [2.75, 3.05) is 13.1 Å². The van der Waals surface area contributed by atoms with Crippen LogP contribution in [0.4, 0.5) is 8.78 Å². The largest absolute Gasteiger partial charge is 0.312 e. The first-order chi connectivity index (χ1) is 6.91. The van der Waals surface area contributed by atoms with Crippen molar-refractivity contribution in [3.8, 4) is 0 Å². The van der Waals surface area contributed by atoms with E-state index in [2.05, 4.69) is 10.6 Å². The molecule has 0 heterocycles. The molecule has 2 N–H and O–H groups in total. The predicted molar refractivity (Wildman–Crippen MR) is 65.1 cm³/mol. The van der Waals surface area contributed by atoms with E-state index in [9.17, 15) is 8.78 Å². The summed E-state index contributed by atoms with van der Waals surface area (Å²) in [6.07, 6.45) is -0.132. The SMILES string of the molecule is CC(C)(C)NCCC(F)(F)CNC(C)(C)C. The van der Waals surface area contributed by atoms with Gasteiger partial charge in [0.05, 0.1) is 6.54 Å². The molecule has 0 radical (unpaired) electrons. The van der Waals surface area contributed by atoms with E-state index in [1.807, 2.05) is 41.5 Å². The second-order valence-corrected chi connectivity index (χ2v) is 6.39. The van der Waals surface area contributed by atoms with Crippen LogP contribution in [0.15, 0.2) is 0 Å². The lowest BCUT2D eigenvalue weighted by Gasteiger charge is -2.27. The number of halogens is 2. The van der Waals surface area contributed by atoms with Crippen molar-refractivity contribution < 1.29 is 8.78 Å². The normalized spacial score (nSPS) is 14.2. The molecule has 0 unspecified atom stereocenters. The van der Waals surface area contributed by atoms with Gasteiger partial charge in [0.25, 0.3) is 5.92 Å². The molecular formula is C12H26F2N2. The quantitative estimate of drug-likeness (QED) is 0.767. The van der Waals surface area contributed by atoms with Crippen LogP contribution in [0, 0.1) is 0 Å². The maximum Gasteiger partial charge on any atom is 0.261 e. The highest BCUT2D eigenvalue weighted by Crippen LogP contribution is 2.18. The van der Waals surface area contributed by atoms with Gasteiger partial charge >= 0.3 is 0 Å². The van der Waals surface area contributed by atoms with Gasteiger partial charge in [-0.1, -0.05) is 0 Å². The fourth-order valence-corrected chi connectivity index (χ4v) is 1.10. The second kappa shape index (κ2) is 5.41. The van der Waals surface area contributed by atoms with E-state index in [1.54, 1.807) is 0 Å². The summed E-state index contributed by atoms with van der Waals surface area (Å²) in [6.45, 7) is 11.6. The van der Waals surface area contributed by atoms with Crippen LogP contribution in [0.1, 0.15) is 48.0 Å². The Morgan fingerprint density at radius 2 is 1.25 bits per heavy atom. The third kappa shape index (κ3) is 10.3. The zero-order valence-electron chi connectivity index (χ0n) is 11.4. The Bertz CT molecular complexity index is 202. The van der Waals surface area contributed by atoms with Gasteiger partial charge < -0.3 is 10.6 Å². The maximum atomic E-state index is 13.4. The van der Waals surface area contributed by atoms with Crippen molar-refractivity contribution in [2.45, 2.75) is 65.0 Å². The van der Waals surface area contributed by atoms with Crippen LogP contribution in [-0.2, 0) is 0 Å². The molecule has 0 bridgehead atoms. The molecule has 16 heavy (non-hydrogen) atoms. The molecule has 0 aliphatic heterocycles. The lowest BCUT2D eigenvalue weighted by atomic mass is 10.1. The Balaban J connectivity index is 3.88. The number of alkyl halides is 2. The standard InChI is InChI=1S/C12H26F2N2/c1-10(2,3)15-8-7-12(13,14)9-16-11(4,5)6/h15-16H,7-9H2,1-6H3. The average Bonchev–Trinajstić information content (AvgIpc) is 1.97. The number of rotatable bonds is 5. The Morgan fingerprint density at radius 3 is 1.62 bits per heavy atom. The minimum Gasteiger partial charge on any atom is -0.312 e. The summed E-state index contributed by atoms with van der Waals surface area (Å²) in [6, 6.07) is 0. The average molecular weight is 236 g/mol. The molecule has 0 rings (SSSR count). The molecule has 0 aromatic rings. The van der Waals surface area contributed by atoms with Crippen molar-refractivity contribution in [1.82, 2.24) is 10.6 Å². The summed E-state index contributed by atoms with van der Waals surface area (Å²) in [5.41, 5.74) is -0.367. The Hall–Kier alpha value is -0.220.